The second kappa shape index (κ2) is 8.64. The van der Waals surface area contributed by atoms with Crippen LogP contribution < -0.4 is 5.32 Å². The molecule has 0 saturated heterocycles. The zero-order chi connectivity index (χ0) is 20.9. The zero-order valence-corrected chi connectivity index (χ0v) is 16.6. The van der Waals surface area contributed by atoms with Gasteiger partial charge in [-0.25, -0.2) is 4.68 Å². The van der Waals surface area contributed by atoms with E-state index < -0.39 is 6.04 Å². The van der Waals surface area contributed by atoms with Gasteiger partial charge in [-0.05, 0) is 23.6 Å². The van der Waals surface area contributed by atoms with Gasteiger partial charge in [-0.2, -0.15) is 4.98 Å². The van der Waals surface area contributed by atoms with E-state index in [4.69, 9.17) is 4.52 Å². The van der Waals surface area contributed by atoms with Crippen LogP contribution in [0.15, 0.2) is 65.6 Å². The fourth-order valence-electron chi connectivity index (χ4n) is 2.96. The van der Waals surface area contributed by atoms with Crippen molar-refractivity contribution in [3.05, 3.63) is 78.2 Å². The van der Waals surface area contributed by atoms with Crippen molar-refractivity contribution in [2.45, 2.75) is 26.4 Å². The number of rotatable bonds is 7. The average molecular weight is 403 g/mol. The molecule has 0 fully saturated rings. The van der Waals surface area contributed by atoms with Gasteiger partial charge in [0.15, 0.2) is 5.69 Å². The van der Waals surface area contributed by atoms with Crippen LogP contribution in [0, 0.1) is 5.92 Å². The second-order valence-electron chi connectivity index (χ2n) is 7.17. The van der Waals surface area contributed by atoms with Crippen LogP contribution >= 0.6 is 0 Å². The van der Waals surface area contributed by atoms with Gasteiger partial charge in [-0.3, -0.25) is 9.78 Å². The van der Waals surface area contributed by atoms with E-state index in [0.717, 1.165) is 11.1 Å². The topological polar surface area (TPSA) is 112 Å². The number of nitrogens with zero attached hydrogens (tertiary/aromatic N) is 6. The molecule has 0 bridgehead atoms. The molecule has 1 aromatic carbocycles. The molecule has 0 spiro atoms. The summed E-state index contributed by atoms with van der Waals surface area (Å²) in [4.78, 5) is 21.2. The Hall–Kier alpha value is -3.88. The lowest BCUT2D eigenvalue weighted by atomic mass is 10.0. The standard InChI is InChI=1S/C21H21N7O2/c1-14(2)18(21-24-19(26-30-21)16-8-10-22-11-9-16)23-20(29)17-13-28(27-25-17)12-15-6-4-3-5-7-15/h3-11,13-14,18H,12H2,1-2H3,(H,23,29). The lowest BCUT2D eigenvalue weighted by Gasteiger charge is -2.17. The van der Waals surface area contributed by atoms with Gasteiger partial charge in [-0.1, -0.05) is 54.5 Å². The first-order valence-corrected chi connectivity index (χ1v) is 9.59. The summed E-state index contributed by atoms with van der Waals surface area (Å²) in [6.07, 6.45) is 4.94. The van der Waals surface area contributed by atoms with E-state index in [1.165, 1.54) is 0 Å². The number of pyridine rings is 1. The maximum Gasteiger partial charge on any atom is 0.274 e. The number of nitrogens with one attached hydrogen (secondary N) is 1. The Morgan fingerprint density at radius 3 is 2.63 bits per heavy atom. The van der Waals surface area contributed by atoms with Crippen molar-refractivity contribution in [3.63, 3.8) is 0 Å². The van der Waals surface area contributed by atoms with Gasteiger partial charge in [0.2, 0.25) is 11.7 Å². The summed E-state index contributed by atoms with van der Waals surface area (Å²) in [7, 11) is 0. The van der Waals surface area contributed by atoms with Gasteiger partial charge in [0, 0.05) is 18.0 Å². The summed E-state index contributed by atoms with van der Waals surface area (Å²) < 4.78 is 7.05. The van der Waals surface area contributed by atoms with E-state index >= 15 is 0 Å². The van der Waals surface area contributed by atoms with Crippen molar-refractivity contribution in [2.24, 2.45) is 5.92 Å². The molecule has 4 rings (SSSR count). The number of aromatic nitrogens is 6. The minimum Gasteiger partial charge on any atom is -0.339 e. The molecule has 1 amide bonds. The molecule has 30 heavy (non-hydrogen) atoms. The Morgan fingerprint density at radius 1 is 1.13 bits per heavy atom. The van der Waals surface area contributed by atoms with E-state index in [1.54, 1.807) is 35.4 Å². The monoisotopic (exact) mass is 403 g/mol. The molecule has 152 valence electrons. The molecule has 0 aliphatic rings. The first kappa shape index (κ1) is 19.4. The average Bonchev–Trinajstić information content (AvgIpc) is 3.43. The second-order valence-corrected chi connectivity index (χ2v) is 7.17. The normalized spacial score (nSPS) is 12.1. The van der Waals surface area contributed by atoms with Crippen LogP contribution in [0.25, 0.3) is 11.4 Å². The maximum absolute atomic E-state index is 12.8. The van der Waals surface area contributed by atoms with Crippen LogP contribution in [0.4, 0.5) is 0 Å². The molecule has 0 saturated carbocycles. The van der Waals surface area contributed by atoms with E-state index in [2.05, 4.69) is 30.8 Å². The summed E-state index contributed by atoms with van der Waals surface area (Å²) in [5.41, 5.74) is 2.09. The third-order valence-electron chi connectivity index (χ3n) is 4.56. The number of carbonyl (C=O) groups excluding carboxylic acids is 1. The molecule has 9 heteroatoms. The highest BCUT2D eigenvalue weighted by atomic mass is 16.5. The number of hydrogen-bond acceptors (Lipinski definition) is 7. The molecule has 0 aliphatic heterocycles. The Morgan fingerprint density at radius 2 is 1.90 bits per heavy atom. The van der Waals surface area contributed by atoms with Gasteiger partial charge in [0.05, 0.1) is 12.7 Å². The molecule has 4 aromatic rings. The predicted molar refractivity (Wildman–Crippen MR) is 108 cm³/mol. The maximum atomic E-state index is 12.8. The van der Waals surface area contributed by atoms with Crippen molar-refractivity contribution in [1.29, 1.82) is 0 Å². The molecule has 1 unspecified atom stereocenters. The molecule has 1 atom stereocenters. The van der Waals surface area contributed by atoms with E-state index in [1.807, 2.05) is 44.2 Å². The first-order valence-electron chi connectivity index (χ1n) is 9.59. The Balaban J connectivity index is 1.47. The summed E-state index contributed by atoms with van der Waals surface area (Å²) >= 11 is 0. The Bertz CT molecular complexity index is 1110. The van der Waals surface area contributed by atoms with Crippen LogP contribution in [0.2, 0.25) is 0 Å². The summed E-state index contributed by atoms with van der Waals surface area (Å²) in [5.74, 6) is 0.457. The van der Waals surface area contributed by atoms with Crippen molar-refractivity contribution >= 4 is 5.91 Å². The van der Waals surface area contributed by atoms with Gasteiger partial charge in [-0.15, -0.1) is 5.10 Å². The van der Waals surface area contributed by atoms with Crippen molar-refractivity contribution in [2.75, 3.05) is 0 Å². The number of hydrogen-bond donors (Lipinski definition) is 1. The third-order valence-corrected chi connectivity index (χ3v) is 4.56. The molecule has 3 aromatic heterocycles. The highest BCUT2D eigenvalue weighted by Crippen LogP contribution is 2.23. The molecular formula is C21H21N7O2. The van der Waals surface area contributed by atoms with Gasteiger partial charge >= 0.3 is 0 Å². The highest BCUT2D eigenvalue weighted by molar-refractivity contribution is 5.92. The van der Waals surface area contributed by atoms with Crippen LogP contribution in [-0.4, -0.2) is 36.0 Å². The summed E-state index contributed by atoms with van der Waals surface area (Å²) in [6, 6.07) is 13.0. The van der Waals surface area contributed by atoms with E-state index in [9.17, 15) is 4.79 Å². The van der Waals surface area contributed by atoms with Crippen molar-refractivity contribution < 1.29 is 9.32 Å². The summed E-state index contributed by atoms with van der Waals surface area (Å²) in [5, 5.41) is 15.0. The largest absolute Gasteiger partial charge is 0.339 e. The minimum absolute atomic E-state index is 0.0269. The predicted octanol–water partition coefficient (Wildman–Crippen LogP) is 2.90. The van der Waals surface area contributed by atoms with Crippen LogP contribution in [0.1, 0.15) is 41.8 Å². The van der Waals surface area contributed by atoms with Crippen molar-refractivity contribution in [3.8, 4) is 11.4 Å². The molecule has 1 N–H and O–H groups in total. The van der Waals surface area contributed by atoms with Crippen molar-refractivity contribution in [1.82, 2.24) is 35.4 Å². The zero-order valence-electron chi connectivity index (χ0n) is 16.6. The number of benzene rings is 1. The fourth-order valence-corrected chi connectivity index (χ4v) is 2.96. The van der Waals surface area contributed by atoms with E-state index in [-0.39, 0.29) is 17.5 Å². The van der Waals surface area contributed by atoms with Gasteiger partial charge < -0.3 is 9.84 Å². The van der Waals surface area contributed by atoms with Crippen LogP contribution in [-0.2, 0) is 6.54 Å². The molecule has 9 nitrogen and oxygen atoms in total. The molecule has 0 aliphatic carbocycles. The van der Waals surface area contributed by atoms with Gasteiger partial charge in [0.1, 0.15) is 6.04 Å². The quantitative estimate of drug-likeness (QED) is 0.505. The third kappa shape index (κ3) is 4.40. The minimum atomic E-state index is -0.458. The lowest BCUT2D eigenvalue weighted by Crippen LogP contribution is -2.32. The Labute approximate surface area is 173 Å². The number of amides is 1. The fraction of sp³-hybridized carbons (Fsp3) is 0.238. The van der Waals surface area contributed by atoms with Gasteiger partial charge in [0.25, 0.3) is 5.91 Å². The molecule has 0 radical (unpaired) electrons. The van der Waals surface area contributed by atoms with Crippen LogP contribution in [0.3, 0.4) is 0 Å². The SMILES string of the molecule is CC(C)C(NC(=O)c1cn(Cc2ccccc2)nn1)c1nc(-c2ccncc2)no1. The first-order chi connectivity index (χ1) is 14.6. The summed E-state index contributed by atoms with van der Waals surface area (Å²) in [6.45, 7) is 4.47. The number of carbonyl (C=O) groups is 1. The highest BCUT2D eigenvalue weighted by Gasteiger charge is 2.26. The van der Waals surface area contributed by atoms with E-state index in [0.29, 0.717) is 18.3 Å². The molecular weight excluding hydrogens is 382 g/mol. The van der Waals surface area contributed by atoms with Crippen LogP contribution in [0.5, 0.6) is 0 Å². The smallest absolute Gasteiger partial charge is 0.274 e. The molecule has 3 heterocycles. The Kier molecular flexibility index (Phi) is 5.60. The lowest BCUT2D eigenvalue weighted by molar-refractivity contribution is 0.0908.